The first kappa shape index (κ1) is 17.4. The minimum absolute atomic E-state index is 1.08. The molecule has 0 aliphatic carbocycles. The van der Waals surface area contributed by atoms with E-state index in [1.807, 2.05) is 0 Å². The lowest BCUT2D eigenvalue weighted by Gasteiger charge is -2.17. The molecule has 0 aromatic heterocycles. The molecule has 0 atom stereocenters. The Labute approximate surface area is 127 Å². The zero-order valence-electron chi connectivity index (χ0n) is 13.9. The minimum Gasteiger partial charge on any atom is -0.362 e. The van der Waals surface area contributed by atoms with Crippen LogP contribution in [0.4, 0.5) is 0 Å². The van der Waals surface area contributed by atoms with E-state index in [-0.39, 0.29) is 0 Å². The van der Waals surface area contributed by atoms with Crippen molar-refractivity contribution in [3.63, 3.8) is 0 Å². The molecule has 0 saturated heterocycles. The largest absolute Gasteiger partial charge is 0.362 e. The van der Waals surface area contributed by atoms with E-state index in [2.05, 4.69) is 36.2 Å². The topological polar surface area (TPSA) is 6.48 Å². The van der Waals surface area contributed by atoms with Gasteiger partial charge in [0.1, 0.15) is 0 Å². The third-order valence-corrected chi connectivity index (χ3v) is 4.24. The van der Waals surface area contributed by atoms with E-state index in [1.54, 1.807) is 0 Å². The highest BCUT2D eigenvalue weighted by atomic mass is 15.3. The summed E-state index contributed by atoms with van der Waals surface area (Å²) in [5.74, 6) is 0. The van der Waals surface area contributed by atoms with Gasteiger partial charge in [-0.25, -0.2) is 0 Å². The zero-order valence-corrected chi connectivity index (χ0v) is 13.9. The second kappa shape index (κ2) is 12.1. The third kappa shape index (κ3) is 9.28. The summed E-state index contributed by atoms with van der Waals surface area (Å²) in [7, 11) is 2.14. The number of hydrogen-bond acceptors (Lipinski definition) is 2. The van der Waals surface area contributed by atoms with Gasteiger partial charge in [0.15, 0.2) is 0 Å². The van der Waals surface area contributed by atoms with Crippen molar-refractivity contribution in [2.24, 2.45) is 0 Å². The first-order chi connectivity index (χ1) is 9.83. The molecule has 0 amide bonds. The van der Waals surface area contributed by atoms with Crippen molar-refractivity contribution in [2.45, 2.75) is 84.0 Å². The zero-order chi connectivity index (χ0) is 14.5. The second-order valence-corrected chi connectivity index (χ2v) is 6.40. The van der Waals surface area contributed by atoms with Crippen LogP contribution in [-0.4, -0.2) is 30.1 Å². The second-order valence-electron chi connectivity index (χ2n) is 6.40. The fourth-order valence-electron chi connectivity index (χ4n) is 2.89. The molecule has 2 heteroatoms. The lowest BCUT2D eigenvalue weighted by Crippen LogP contribution is -2.23. The van der Waals surface area contributed by atoms with Gasteiger partial charge in [0.05, 0.1) is 6.67 Å². The Kier molecular flexibility index (Phi) is 10.5. The highest BCUT2D eigenvalue weighted by Crippen LogP contribution is 2.12. The molecule has 0 fully saturated rings. The Morgan fingerprint density at radius 2 is 1.20 bits per heavy atom. The molecule has 0 bridgehead atoms. The van der Waals surface area contributed by atoms with Crippen molar-refractivity contribution in [2.75, 3.05) is 20.3 Å². The summed E-state index contributed by atoms with van der Waals surface area (Å²) in [6.45, 7) is 4.61. The van der Waals surface area contributed by atoms with Gasteiger partial charge in [0.25, 0.3) is 0 Å². The minimum atomic E-state index is 1.08. The van der Waals surface area contributed by atoms with Gasteiger partial charge in [-0.15, -0.1) is 0 Å². The van der Waals surface area contributed by atoms with Gasteiger partial charge >= 0.3 is 0 Å². The van der Waals surface area contributed by atoms with Crippen LogP contribution >= 0.6 is 0 Å². The summed E-state index contributed by atoms with van der Waals surface area (Å²) in [6, 6.07) is 0. The van der Waals surface area contributed by atoms with Gasteiger partial charge in [-0.1, -0.05) is 77.6 Å². The molecule has 0 spiro atoms. The maximum Gasteiger partial charge on any atom is 0.0890 e. The van der Waals surface area contributed by atoms with Crippen molar-refractivity contribution >= 4 is 0 Å². The monoisotopic (exact) mass is 280 g/mol. The molecule has 1 aliphatic rings. The van der Waals surface area contributed by atoms with E-state index in [0.717, 1.165) is 6.67 Å². The average molecular weight is 280 g/mol. The number of unbranched alkanes of at least 4 members (excludes halogenated alkanes) is 11. The molecule has 0 unspecified atom stereocenters. The van der Waals surface area contributed by atoms with Crippen LogP contribution < -0.4 is 0 Å². The summed E-state index contributed by atoms with van der Waals surface area (Å²) >= 11 is 0. The van der Waals surface area contributed by atoms with E-state index in [9.17, 15) is 0 Å². The quantitative estimate of drug-likeness (QED) is 0.419. The Balaban J connectivity index is 1.71. The highest BCUT2D eigenvalue weighted by Gasteiger charge is 2.06. The van der Waals surface area contributed by atoms with E-state index in [4.69, 9.17) is 0 Å². The average Bonchev–Trinajstić information content (AvgIpc) is 2.86. The van der Waals surface area contributed by atoms with Crippen LogP contribution in [0.15, 0.2) is 12.4 Å². The van der Waals surface area contributed by atoms with Crippen molar-refractivity contribution < 1.29 is 0 Å². The molecule has 0 aromatic rings. The van der Waals surface area contributed by atoms with Crippen molar-refractivity contribution in [1.29, 1.82) is 0 Å². The smallest absolute Gasteiger partial charge is 0.0890 e. The molecule has 1 heterocycles. The molecule has 0 saturated carbocycles. The lowest BCUT2D eigenvalue weighted by atomic mass is 10.1. The normalized spacial score (nSPS) is 14.5. The molecule has 1 rings (SSSR count). The van der Waals surface area contributed by atoms with Gasteiger partial charge in [-0.2, -0.15) is 0 Å². The predicted octanol–water partition coefficient (Wildman–Crippen LogP) is 5.36. The molecular formula is C18H36N2. The van der Waals surface area contributed by atoms with Crippen LogP contribution in [-0.2, 0) is 0 Å². The molecule has 0 N–H and O–H groups in total. The van der Waals surface area contributed by atoms with Crippen LogP contribution in [0.25, 0.3) is 0 Å². The van der Waals surface area contributed by atoms with Crippen molar-refractivity contribution in [3.05, 3.63) is 12.4 Å². The first-order valence-corrected chi connectivity index (χ1v) is 8.95. The van der Waals surface area contributed by atoms with E-state index < -0.39 is 0 Å². The van der Waals surface area contributed by atoms with Gasteiger partial charge in [0.2, 0.25) is 0 Å². The molecule has 20 heavy (non-hydrogen) atoms. The van der Waals surface area contributed by atoms with Crippen LogP contribution in [0, 0.1) is 0 Å². The fourth-order valence-corrected chi connectivity index (χ4v) is 2.89. The Hall–Kier alpha value is -0.660. The van der Waals surface area contributed by atoms with Gasteiger partial charge in [-0.05, 0) is 6.42 Å². The summed E-state index contributed by atoms with van der Waals surface area (Å²) in [5, 5.41) is 0. The van der Waals surface area contributed by atoms with E-state index in [1.165, 1.54) is 83.6 Å². The number of hydrogen-bond donors (Lipinski definition) is 0. The van der Waals surface area contributed by atoms with Crippen molar-refractivity contribution in [1.82, 2.24) is 9.80 Å². The van der Waals surface area contributed by atoms with Gasteiger partial charge in [0, 0.05) is 26.0 Å². The van der Waals surface area contributed by atoms with Crippen LogP contribution in [0.3, 0.4) is 0 Å². The van der Waals surface area contributed by atoms with E-state index in [0.29, 0.717) is 0 Å². The summed E-state index contributed by atoms with van der Waals surface area (Å²) < 4.78 is 0. The highest BCUT2D eigenvalue weighted by molar-refractivity contribution is 4.88. The van der Waals surface area contributed by atoms with Crippen molar-refractivity contribution in [3.8, 4) is 0 Å². The molecular weight excluding hydrogens is 244 g/mol. The fraction of sp³-hybridized carbons (Fsp3) is 0.889. The molecule has 1 aliphatic heterocycles. The van der Waals surface area contributed by atoms with Crippen LogP contribution in [0.1, 0.15) is 84.0 Å². The summed E-state index contributed by atoms with van der Waals surface area (Å²) in [4.78, 5) is 4.65. The summed E-state index contributed by atoms with van der Waals surface area (Å²) in [6.07, 6.45) is 21.6. The van der Waals surface area contributed by atoms with Crippen LogP contribution in [0.2, 0.25) is 0 Å². The molecule has 0 radical (unpaired) electrons. The molecule has 0 aromatic carbocycles. The van der Waals surface area contributed by atoms with Gasteiger partial charge in [-0.3, -0.25) is 0 Å². The Morgan fingerprint density at radius 1 is 0.700 bits per heavy atom. The maximum absolute atomic E-state index is 2.41. The number of nitrogens with zero attached hydrogens (tertiary/aromatic N) is 2. The Morgan fingerprint density at radius 3 is 1.65 bits per heavy atom. The molecule has 2 nitrogen and oxygen atoms in total. The third-order valence-electron chi connectivity index (χ3n) is 4.24. The lowest BCUT2D eigenvalue weighted by molar-refractivity contribution is 0.290. The number of rotatable bonds is 13. The summed E-state index contributed by atoms with van der Waals surface area (Å²) in [5.41, 5.74) is 0. The standard InChI is InChI=1S/C18H36N2/c1-3-4-5-6-7-8-9-10-11-12-13-14-15-20-17-16-19(2)18-20/h16-17H,3-15,18H2,1-2H3. The van der Waals surface area contributed by atoms with Gasteiger partial charge < -0.3 is 9.80 Å². The van der Waals surface area contributed by atoms with E-state index >= 15 is 0 Å². The SMILES string of the molecule is CCCCCCCCCCCCCCN1C=CN(C)C1. The molecule has 118 valence electrons. The van der Waals surface area contributed by atoms with Crippen LogP contribution in [0.5, 0.6) is 0 Å². The Bertz CT molecular complexity index is 238. The first-order valence-electron chi connectivity index (χ1n) is 8.95. The maximum atomic E-state index is 2.41. The predicted molar refractivity (Wildman–Crippen MR) is 89.6 cm³/mol.